The van der Waals surface area contributed by atoms with Crippen molar-refractivity contribution in [2.75, 3.05) is 18.0 Å². The summed E-state index contributed by atoms with van der Waals surface area (Å²) in [5.41, 5.74) is 7.23. The van der Waals surface area contributed by atoms with E-state index in [1.54, 1.807) is 0 Å². The number of anilines is 1. The predicted octanol–water partition coefficient (Wildman–Crippen LogP) is 4.34. The van der Waals surface area contributed by atoms with Gasteiger partial charge in [-0.3, -0.25) is 0 Å². The monoisotopic (exact) mass is 305 g/mol. The molecular weight excluding hydrogens is 282 g/mol. The second-order valence-corrected chi connectivity index (χ2v) is 6.85. The lowest BCUT2D eigenvalue weighted by atomic mass is 10.0. The van der Waals surface area contributed by atoms with Crippen LogP contribution in [0.4, 0.5) is 5.82 Å². The van der Waals surface area contributed by atoms with Crippen molar-refractivity contribution in [3.8, 4) is 17.3 Å². The summed E-state index contributed by atoms with van der Waals surface area (Å²) in [5, 5.41) is 9.65. The zero-order valence-corrected chi connectivity index (χ0v) is 13.8. The van der Waals surface area contributed by atoms with Gasteiger partial charge in [-0.1, -0.05) is 12.1 Å². The van der Waals surface area contributed by atoms with Crippen LogP contribution in [0.3, 0.4) is 0 Å². The third-order valence-corrected chi connectivity index (χ3v) is 5.40. The molecule has 0 radical (unpaired) electrons. The Morgan fingerprint density at radius 1 is 1.04 bits per heavy atom. The molecule has 1 N–H and O–H groups in total. The Bertz CT molecular complexity index is 773. The average Bonchev–Trinajstić information content (AvgIpc) is 3.18. The number of hydrogen-bond acceptors (Lipinski definition) is 2. The van der Waals surface area contributed by atoms with E-state index in [2.05, 4.69) is 41.1 Å². The van der Waals surface area contributed by atoms with E-state index in [-0.39, 0.29) is 0 Å². The van der Waals surface area contributed by atoms with Crippen LogP contribution in [0.15, 0.2) is 18.2 Å². The Morgan fingerprint density at radius 2 is 1.83 bits per heavy atom. The van der Waals surface area contributed by atoms with Gasteiger partial charge in [0.1, 0.15) is 11.9 Å². The Labute approximate surface area is 137 Å². The molecule has 3 heteroatoms. The Kier molecular flexibility index (Phi) is 3.61. The van der Waals surface area contributed by atoms with Gasteiger partial charge in [0.15, 0.2) is 0 Å². The van der Waals surface area contributed by atoms with Crippen molar-refractivity contribution in [1.29, 1.82) is 5.26 Å². The quantitative estimate of drug-likeness (QED) is 0.896. The van der Waals surface area contributed by atoms with Crippen LogP contribution in [0, 0.1) is 18.3 Å². The van der Waals surface area contributed by atoms with Crippen molar-refractivity contribution >= 4 is 5.82 Å². The number of H-pyrrole nitrogens is 1. The van der Waals surface area contributed by atoms with Gasteiger partial charge in [-0.15, -0.1) is 0 Å². The van der Waals surface area contributed by atoms with Crippen molar-refractivity contribution in [3.63, 3.8) is 0 Å². The van der Waals surface area contributed by atoms with Gasteiger partial charge >= 0.3 is 0 Å². The predicted molar refractivity (Wildman–Crippen MR) is 93.8 cm³/mol. The summed E-state index contributed by atoms with van der Waals surface area (Å²) >= 11 is 0. The summed E-state index contributed by atoms with van der Waals surface area (Å²) in [6, 6.07) is 9.23. The van der Waals surface area contributed by atoms with Crippen LogP contribution in [-0.2, 0) is 12.8 Å². The molecule has 118 valence electrons. The highest BCUT2D eigenvalue weighted by molar-refractivity contribution is 5.75. The number of rotatable bonds is 2. The summed E-state index contributed by atoms with van der Waals surface area (Å²) in [6.07, 6.45) is 7.41. The van der Waals surface area contributed by atoms with E-state index >= 15 is 0 Å². The molecule has 1 fully saturated rings. The summed E-state index contributed by atoms with van der Waals surface area (Å²) < 4.78 is 0. The fraction of sp³-hybridized carbons (Fsp3) is 0.450. The van der Waals surface area contributed by atoms with Gasteiger partial charge in [-0.2, -0.15) is 5.26 Å². The molecule has 1 saturated heterocycles. The van der Waals surface area contributed by atoms with Crippen molar-refractivity contribution in [2.24, 2.45) is 0 Å². The molecule has 2 aliphatic rings. The molecule has 3 nitrogen and oxygen atoms in total. The molecule has 4 rings (SSSR count). The molecule has 0 unspecified atom stereocenters. The van der Waals surface area contributed by atoms with Crippen molar-refractivity contribution < 1.29 is 0 Å². The third kappa shape index (κ3) is 2.43. The lowest BCUT2D eigenvalue weighted by Crippen LogP contribution is -2.30. The number of hydrogen-bond donors (Lipinski definition) is 1. The summed E-state index contributed by atoms with van der Waals surface area (Å²) in [5.74, 6) is 1.03. The van der Waals surface area contributed by atoms with Crippen molar-refractivity contribution in [1.82, 2.24) is 4.98 Å². The minimum atomic E-state index is 0.822. The Morgan fingerprint density at radius 3 is 2.61 bits per heavy atom. The first kappa shape index (κ1) is 14.4. The van der Waals surface area contributed by atoms with Gasteiger partial charge in [-0.25, -0.2) is 0 Å². The Balaban J connectivity index is 1.77. The second kappa shape index (κ2) is 5.77. The van der Waals surface area contributed by atoms with Gasteiger partial charge in [0.25, 0.3) is 0 Å². The molecule has 1 aliphatic carbocycles. The molecule has 0 spiro atoms. The van der Waals surface area contributed by atoms with Crippen LogP contribution < -0.4 is 4.90 Å². The highest BCUT2D eigenvalue weighted by Crippen LogP contribution is 2.35. The van der Waals surface area contributed by atoms with Crippen molar-refractivity contribution in [3.05, 3.63) is 40.5 Å². The lowest BCUT2D eigenvalue weighted by Gasteiger charge is -2.27. The van der Waals surface area contributed by atoms with E-state index in [4.69, 9.17) is 0 Å². The van der Waals surface area contributed by atoms with Crippen molar-refractivity contribution in [2.45, 2.75) is 45.4 Å². The Hall–Kier alpha value is -2.21. The maximum absolute atomic E-state index is 9.65. The maximum Gasteiger partial charge on any atom is 0.124 e. The summed E-state index contributed by atoms with van der Waals surface area (Å²) in [4.78, 5) is 5.93. The number of aryl methyl sites for hydroxylation is 2. The molecule has 23 heavy (non-hydrogen) atoms. The fourth-order valence-electron chi connectivity index (χ4n) is 4.08. The van der Waals surface area contributed by atoms with Crippen LogP contribution in [-0.4, -0.2) is 18.1 Å². The first-order chi connectivity index (χ1) is 11.3. The first-order valence-corrected chi connectivity index (χ1v) is 8.77. The largest absolute Gasteiger partial charge is 0.357 e. The number of aromatic amines is 1. The van der Waals surface area contributed by atoms with E-state index in [1.807, 2.05) is 0 Å². The van der Waals surface area contributed by atoms with Gasteiger partial charge in [0, 0.05) is 13.1 Å². The molecule has 0 amide bonds. The van der Waals surface area contributed by atoms with E-state index < -0.39 is 0 Å². The van der Waals surface area contributed by atoms with E-state index in [0.29, 0.717) is 0 Å². The molecule has 0 saturated carbocycles. The van der Waals surface area contributed by atoms with E-state index in [9.17, 15) is 5.26 Å². The number of nitrogens with one attached hydrogen (secondary N) is 1. The number of nitriles is 1. The van der Waals surface area contributed by atoms with Crippen LogP contribution >= 0.6 is 0 Å². The molecular formula is C20H23N3. The standard InChI is InChI=1S/C20H23N3/c1-14-18(13-21)20(23-10-3-2-4-11-23)22-19(14)17-9-8-15-6-5-7-16(15)12-17/h8-9,12,22H,2-7,10-11H2,1H3. The van der Waals surface area contributed by atoms with Gasteiger partial charge in [0.2, 0.25) is 0 Å². The molecule has 2 aromatic rings. The van der Waals surface area contributed by atoms with Gasteiger partial charge in [0.05, 0.1) is 11.3 Å². The zero-order chi connectivity index (χ0) is 15.8. The molecule has 0 bridgehead atoms. The minimum absolute atomic E-state index is 0.822. The highest BCUT2D eigenvalue weighted by atomic mass is 15.2. The van der Waals surface area contributed by atoms with E-state index in [0.717, 1.165) is 35.7 Å². The highest BCUT2D eigenvalue weighted by Gasteiger charge is 2.22. The molecule has 1 aromatic heterocycles. The van der Waals surface area contributed by atoms with E-state index in [1.165, 1.54) is 55.2 Å². The first-order valence-electron chi connectivity index (χ1n) is 8.77. The smallest absolute Gasteiger partial charge is 0.124 e. The number of benzene rings is 1. The van der Waals surface area contributed by atoms with Crippen LogP contribution in [0.2, 0.25) is 0 Å². The normalized spacial score (nSPS) is 17.1. The maximum atomic E-state index is 9.65. The fourth-order valence-corrected chi connectivity index (χ4v) is 4.08. The topological polar surface area (TPSA) is 42.8 Å². The lowest BCUT2D eigenvalue weighted by molar-refractivity contribution is 0.574. The SMILES string of the molecule is Cc1c(-c2ccc3c(c2)CCC3)[nH]c(N2CCCCC2)c1C#N. The molecule has 0 atom stereocenters. The second-order valence-electron chi connectivity index (χ2n) is 6.85. The van der Waals surface area contributed by atoms with Gasteiger partial charge < -0.3 is 9.88 Å². The van der Waals surface area contributed by atoms with Crippen LogP contribution in [0.5, 0.6) is 0 Å². The zero-order valence-electron chi connectivity index (χ0n) is 13.8. The summed E-state index contributed by atoms with van der Waals surface area (Å²) in [7, 11) is 0. The minimum Gasteiger partial charge on any atom is -0.357 e. The molecule has 1 aromatic carbocycles. The van der Waals surface area contributed by atoms with Crippen LogP contribution in [0.25, 0.3) is 11.3 Å². The molecule has 1 aliphatic heterocycles. The third-order valence-electron chi connectivity index (χ3n) is 5.40. The summed E-state index contributed by atoms with van der Waals surface area (Å²) in [6.45, 7) is 4.18. The number of nitrogens with zero attached hydrogens (tertiary/aromatic N) is 2. The number of aromatic nitrogens is 1. The average molecular weight is 305 g/mol. The number of fused-ring (bicyclic) bond motifs is 1. The molecule has 2 heterocycles. The van der Waals surface area contributed by atoms with Crippen LogP contribution in [0.1, 0.15) is 47.9 Å². The number of piperidine rings is 1. The van der Waals surface area contributed by atoms with Gasteiger partial charge in [-0.05, 0) is 73.8 Å².